The van der Waals surface area contributed by atoms with Crippen molar-refractivity contribution in [3.8, 4) is 0 Å². The lowest BCUT2D eigenvalue weighted by molar-refractivity contribution is -0.146. The Morgan fingerprint density at radius 3 is 2.76 bits per heavy atom. The molecule has 1 saturated heterocycles. The van der Waals surface area contributed by atoms with Gasteiger partial charge in [0.15, 0.2) is 0 Å². The molecule has 0 spiro atoms. The molecular formula is C15H15NO3S2. The molecule has 0 N–H and O–H groups in total. The molecule has 1 aliphatic rings. The van der Waals surface area contributed by atoms with Crippen LogP contribution >= 0.6 is 24.0 Å². The molecule has 0 bridgehead atoms. The standard InChI is InChI=1S/C15H15NO3S2/c1-2-8-19-13(17)10-16-14(18)12(21-15(16)20)9-11-6-4-3-5-7-11/h3-7,9H,2,8,10H2,1H3/b12-9-. The van der Waals surface area contributed by atoms with Gasteiger partial charge in [0, 0.05) is 0 Å². The van der Waals surface area contributed by atoms with Crippen LogP contribution in [0, 0.1) is 0 Å². The molecule has 0 radical (unpaired) electrons. The lowest BCUT2D eigenvalue weighted by Gasteiger charge is -2.13. The summed E-state index contributed by atoms with van der Waals surface area (Å²) in [6, 6.07) is 9.51. The third kappa shape index (κ3) is 4.15. The number of hydrogen-bond acceptors (Lipinski definition) is 5. The van der Waals surface area contributed by atoms with Crippen LogP contribution in [-0.2, 0) is 14.3 Å². The number of ether oxygens (including phenoxy) is 1. The zero-order valence-corrected chi connectivity index (χ0v) is 13.2. The number of rotatable bonds is 5. The number of hydrogen-bond donors (Lipinski definition) is 0. The van der Waals surface area contributed by atoms with Gasteiger partial charge in [0.1, 0.15) is 10.9 Å². The summed E-state index contributed by atoms with van der Waals surface area (Å²) in [7, 11) is 0. The molecule has 2 rings (SSSR count). The van der Waals surface area contributed by atoms with Crippen molar-refractivity contribution in [2.75, 3.05) is 13.2 Å². The zero-order valence-electron chi connectivity index (χ0n) is 11.6. The van der Waals surface area contributed by atoms with Gasteiger partial charge in [-0.15, -0.1) is 0 Å². The second kappa shape index (κ2) is 7.38. The maximum absolute atomic E-state index is 12.3. The van der Waals surface area contributed by atoms with E-state index in [9.17, 15) is 9.59 Å². The van der Waals surface area contributed by atoms with Gasteiger partial charge in [0.05, 0.1) is 11.5 Å². The van der Waals surface area contributed by atoms with Crippen LogP contribution in [-0.4, -0.2) is 34.2 Å². The van der Waals surface area contributed by atoms with Gasteiger partial charge < -0.3 is 4.74 Å². The highest BCUT2D eigenvalue weighted by atomic mass is 32.2. The second-order valence-corrected chi connectivity index (χ2v) is 6.07. The first kappa shape index (κ1) is 15.7. The lowest BCUT2D eigenvalue weighted by Crippen LogP contribution is -2.34. The molecule has 0 unspecified atom stereocenters. The molecule has 21 heavy (non-hydrogen) atoms. The molecule has 0 aliphatic carbocycles. The highest BCUT2D eigenvalue weighted by Gasteiger charge is 2.33. The van der Waals surface area contributed by atoms with Gasteiger partial charge in [0.25, 0.3) is 5.91 Å². The molecule has 1 fully saturated rings. The number of amides is 1. The monoisotopic (exact) mass is 321 g/mol. The van der Waals surface area contributed by atoms with E-state index in [-0.39, 0.29) is 12.5 Å². The minimum atomic E-state index is -0.436. The highest BCUT2D eigenvalue weighted by Crippen LogP contribution is 2.32. The average Bonchev–Trinajstić information content (AvgIpc) is 2.74. The molecule has 1 aliphatic heterocycles. The van der Waals surface area contributed by atoms with Crippen molar-refractivity contribution >= 4 is 46.3 Å². The number of thioether (sulfide) groups is 1. The minimum Gasteiger partial charge on any atom is -0.464 e. The summed E-state index contributed by atoms with van der Waals surface area (Å²) in [5.74, 6) is -0.684. The molecule has 0 aromatic heterocycles. The van der Waals surface area contributed by atoms with Crippen LogP contribution < -0.4 is 0 Å². The lowest BCUT2D eigenvalue weighted by atomic mass is 10.2. The summed E-state index contributed by atoms with van der Waals surface area (Å²) in [6.45, 7) is 2.14. The fraction of sp³-hybridized carbons (Fsp3) is 0.267. The molecule has 1 amide bonds. The normalized spacial score (nSPS) is 16.6. The number of esters is 1. The fourth-order valence-corrected chi connectivity index (χ4v) is 2.98. The van der Waals surface area contributed by atoms with Crippen LogP contribution in [0.5, 0.6) is 0 Å². The summed E-state index contributed by atoms with van der Waals surface area (Å²) in [4.78, 5) is 25.7. The SMILES string of the molecule is CCCOC(=O)CN1C(=O)/C(=C/c2ccccc2)SC1=S. The van der Waals surface area contributed by atoms with E-state index < -0.39 is 5.97 Å². The topological polar surface area (TPSA) is 46.6 Å². The number of nitrogens with zero attached hydrogens (tertiary/aromatic N) is 1. The molecule has 1 aromatic rings. The maximum Gasteiger partial charge on any atom is 0.326 e. The van der Waals surface area contributed by atoms with E-state index in [1.165, 1.54) is 16.7 Å². The van der Waals surface area contributed by atoms with E-state index in [0.717, 1.165) is 12.0 Å². The van der Waals surface area contributed by atoms with Crippen molar-refractivity contribution in [1.82, 2.24) is 4.90 Å². The average molecular weight is 321 g/mol. The summed E-state index contributed by atoms with van der Waals surface area (Å²) < 4.78 is 5.37. The molecular weight excluding hydrogens is 306 g/mol. The van der Waals surface area contributed by atoms with Crippen LogP contribution in [0.25, 0.3) is 6.08 Å². The third-order valence-electron chi connectivity index (χ3n) is 2.73. The first-order valence-corrected chi connectivity index (χ1v) is 7.80. The van der Waals surface area contributed by atoms with Gasteiger partial charge in [-0.05, 0) is 18.1 Å². The van der Waals surface area contributed by atoms with Crippen molar-refractivity contribution in [2.45, 2.75) is 13.3 Å². The molecule has 110 valence electrons. The van der Waals surface area contributed by atoms with Crippen molar-refractivity contribution in [3.63, 3.8) is 0 Å². The number of carbonyl (C=O) groups is 2. The predicted molar refractivity (Wildman–Crippen MR) is 87.6 cm³/mol. The Kier molecular flexibility index (Phi) is 5.52. The van der Waals surface area contributed by atoms with Crippen molar-refractivity contribution < 1.29 is 14.3 Å². The van der Waals surface area contributed by atoms with Gasteiger partial charge >= 0.3 is 5.97 Å². The summed E-state index contributed by atoms with van der Waals surface area (Å²) in [6.07, 6.45) is 2.52. The number of benzene rings is 1. The van der Waals surface area contributed by atoms with Gasteiger partial charge in [0.2, 0.25) is 0 Å². The van der Waals surface area contributed by atoms with Crippen LogP contribution in [0.3, 0.4) is 0 Å². The van der Waals surface area contributed by atoms with Crippen molar-refractivity contribution in [3.05, 3.63) is 40.8 Å². The van der Waals surface area contributed by atoms with Crippen molar-refractivity contribution in [1.29, 1.82) is 0 Å². The largest absolute Gasteiger partial charge is 0.464 e. The van der Waals surface area contributed by atoms with Crippen LogP contribution in [0.1, 0.15) is 18.9 Å². The Bertz CT molecular complexity index is 584. The van der Waals surface area contributed by atoms with Gasteiger partial charge in [-0.1, -0.05) is 61.2 Å². The van der Waals surface area contributed by atoms with Crippen LogP contribution in [0.4, 0.5) is 0 Å². The molecule has 4 nitrogen and oxygen atoms in total. The Labute approximate surface area is 133 Å². The third-order valence-corrected chi connectivity index (χ3v) is 4.10. The second-order valence-electron chi connectivity index (χ2n) is 4.40. The minimum absolute atomic E-state index is 0.128. The smallest absolute Gasteiger partial charge is 0.326 e. The summed E-state index contributed by atoms with van der Waals surface area (Å²) in [5.41, 5.74) is 0.923. The van der Waals surface area contributed by atoms with E-state index in [1.54, 1.807) is 6.08 Å². The van der Waals surface area contributed by atoms with E-state index in [0.29, 0.717) is 15.8 Å². The maximum atomic E-state index is 12.3. The molecule has 6 heteroatoms. The Balaban J connectivity index is 2.06. The predicted octanol–water partition coefficient (Wildman–Crippen LogP) is 2.84. The number of carbonyl (C=O) groups excluding carboxylic acids is 2. The molecule has 0 atom stereocenters. The fourth-order valence-electron chi connectivity index (χ4n) is 1.73. The van der Waals surface area contributed by atoms with Crippen LogP contribution in [0.2, 0.25) is 0 Å². The molecule has 1 aromatic carbocycles. The Morgan fingerprint density at radius 1 is 1.38 bits per heavy atom. The Morgan fingerprint density at radius 2 is 2.10 bits per heavy atom. The molecule has 0 saturated carbocycles. The first-order chi connectivity index (χ1) is 10.1. The number of thiocarbonyl (C=S) groups is 1. The van der Waals surface area contributed by atoms with Gasteiger partial charge in [-0.2, -0.15) is 0 Å². The summed E-state index contributed by atoms with van der Waals surface area (Å²) in [5, 5.41) is 0. The highest BCUT2D eigenvalue weighted by molar-refractivity contribution is 8.26. The van der Waals surface area contributed by atoms with E-state index in [4.69, 9.17) is 17.0 Å². The van der Waals surface area contributed by atoms with E-state index >= 15 is 0 Å². The molecule has 1 heterocycles. The van der Waals surface area contributed by atoms with Gasteiger partial charge in [-0.3, -0.25) is 14.5 Å². The quantitative estimate of drug-likeness (QED) is 0.474. The zero-order chi connectivity index (χ0) is 15.2. The van der Waals surface area contributed by atoms with Crippen molar-refractivity contribution in [2.24, 2.45) is 0 Å². The summed E-state index contributed by atoms with van der Waals surface area (Å²) >= 11 is 6.36. The van der Waals surface area contributed by atoms with Crippen LogP contribution in [0.15, 0.2) is 35.2 Å². The van der Waals surface area contributed by atoms with E-state index in [2.05, 4.69) is 0 Å². The van der Waals surface area contributed by atoms with Gasteiger partial charge in [-0.25, -0.2) is 0 Å². The Hall–Kier alpha value is -1.66. The first-order valence-electron chi connectivity index (χ1n) is 6.58. The van der Waals surface area contributed by atoms with E-state index in [1.807, 2.05) is 37.3 Å².